The predicted octanol–water partition coefficient (Wildman–Crippen LogP) is 1.43. The first kappa shape index (κ1) is 16.4. The molecular weight excluding hydrogens is 292 g/mol. The van der Waals surface area contributed by atoms with Crippen LogP contribution < -0.4 is 5.32 Å². The van der Waals surface area contributed by atoms with Crippen molar-refractivity contribution in [3.8, 4) is 0 Å². The first-order chi connectivity index (χ1) is 11.2. The fraction of sp³-hybridized carbons (Fsp3) is 0.611. The lowest BCUT2D eigenvalue weighted by molar-refractivity contribution is -0.138. The molecule has 2 saturated heterocycles. The van der Waals surface area contributed by atoms with Crippen molar-refractivity contribution in [1.29, 1.82) is 0 Å². The van der Waals surface area contributed by atoms with Crippen molar-refractivity contribution in [2.45, 2.75) is 32.1 Å². The van der Waals surface area contributed by atoms with Gasteiger partial charge in [0.2, 0.25) is 5.91 Å². The van der Waals surface area contributed by atoms with Crippen LogP contribution in [0, 0.1) is 5.92 Å². The lowest BCUT2D eigenvalue weighted by Gasteiger charge is -2.32. The van der Waals surface area contributed by atoms with E-state index in [9.17, 15) is 4.79 Å². The second-order valence-electron chi connectivity index (χ2n) is 6.45. The van der Waals surface area contributed by atoms with E-state index in [1.54, 1.807) is 0 Å². The quantitative estimate of drug-likeness (QED) is 0.892. The molecule has 3 rings (SSSR count). The zero-order chi connectivity index (χ0) is 16.1. The Labute approximate surface area is 137 Å². The predicted molar refractivity (Wildman–Crippen MR) is 88.0 cm³/mol. The number of hydrogen-bond donors (Lipinski definition) is 1. The minimum Gasteiger partial charge on any atom is -0.376 e. The molecule has 1 amide bonds. The van der Waals surface area contributed by atoms with Crippen LogP contribution in [-0.2, 0) is 20.9 Å². The van der Waals surface area contributed by atoms with Gasteiger partial charge in [-0.1, -0.05) is 30.3 Å². The summed E-state index contributed by atoms with van der Waals surface area (Å²) in [5, 5.41) is 3.28. The van der Waals surface area contributed by atoms with Crippen molar-refractivity contribution in [3.63, 3.8) is 0 Å². The van der Waals surface area contributed by atoms with Gasteiger partial charge in [-0.2, -0.15) is 0 Å². The molecule has 2 aliphatic rings. The van der Waals surface area contributed by atoms with Crippen molar-refractivity contribution in [1.82, 2.24) is 10.2 Å². The highest BCUT2D eigenvalue weighted by molar-refractivity contribution is 5.83. The van der Waals surface area contributed by atoms with Crippen LogP contribution >= 0.6 is 0 Å². The molecule has 1 unspecified atom stereocenters. The van der Waals surface area contributed by atoms with Crippen molar-refractivity contribution < 1.29 is 14.3 Å². The summed E-state index contributed by atoms with van der Waals surface area (Å²) in [7, 11) is 0. The average Bonchev–Trinajstić information content (AvgIpc) is 3.05. The molecule has 5 nitrogen and oxygen atoms in total. The average molecular weight is 318 g/mol. The highest BCUT2D eigenvalue weighted by Crippen LogP contribution is 2.19. The third-order valence-electron chi connectivity index (χ3n) is 4.65. The van der Waals surface area contributed by atoms with Crippen molar-refractivity contribution in [2.75, 3.05) is 32.8 Å². The number of likely N-dealkylation sites (tertiary alicyclic amines) is 1. The van der Waals surface area contributed by atoms with Crippen molar-refractivity contribution in [3.05, 3.63) is 35.9 Å². The molecule has 1 aromatic carbocycles. The standard InChI is InChI=1S/C18H26N2O3/c1-14-17(19-8-10-23-14)18(21)20-9-7-16(11-20)13-22-12-15-5-3-2-4-6-15/h2-6,14,16-17,19H,7-13H2,1H3/t14-,16?,17+/m1/s1. The van der Waals surface area contributed by atoms with Gasteiger partial charge >= 0.3 is 0 Å². The Bertz CT molecular complexity index is 508. The van der Waals surface area contributed by atoms with E-state index in [-0.39, 0.29) is 18.1 Å². The number of nitrogens with one attached hydrogen (secondary N) is 1. The minimum atomic E-state index is -0.201. The summed E-state index contributed by atoms with van der Waals surface area (Å²) in [6.45, 7) is 6.36. The van der Waals surface area contributed by atoms with E-state index in [1.807, 2.05) is 30.0 Å². The number of amides is 1. The Balaban J connectivity index is 1.42. The molecule has 2 heterocycles. The summed E-state index contributed by atoms with van der Waals surface area (Å²) in [5.41, 5.74) is 1.19. The fourth-order valence-corrected chi connectivity index (χ4v) is 3.29. The number of ether oxygens (including phenoxy) is 2. The van der Waals surface area contributed by atoms with Crippen LogP contribution in [0.25, 0.3) is 0 Å². The van der Waals surface area contributed by atoms with Gasteiger partial charge in [0.1, 0.15) is 6.04 Å². The summed E-state index contributed by atoms with van der Waals surface area (Å²) in [6, 6.07) is 9.99. The van der Waals surface area contributed by atoms with E-state index in [4.69, 9.17) is 9.47 Å². The lowest BCUT2D eigenvalue weighted by atomic mass is 10.1. The molecule has 0 bridgehead atoms. The number of nitrogens with zero attached hydrogens (tertiary/aromatic N) is 1. The van der Waals surface area contributed by atoms with Crippen LogP contribution in [0.1, 0.15) is 18.9 Å². The highest BCUT2D eigenvalue weighted by atomic mass is 16.5. The van der Waals surface area contributed by atoms with Crippen LogP contribution in [0.15, 0.2) is 30.3 Å². The van der Waals surface area contributed by atoms with E-state index >= 15 is 0 Å². The number of benzene rings is 1. The first-order valence-corrected chi connectivity index (χ1v) is 8.49. The highest BCUT2D eigenvalue weighted by Gasteiger charge is 2.35. The van der Waals surface area contributed by atoms with Gasteiger partial charge in [0.05, 0.1) is 25.9 Å². The molecule has 23 heavy (non-hydrogen) atoms. The van der Waals surface area contributed by atoms with Gasteiger partial charge in [-0.25, -0.2) is 0 Å². The first-order valence-electron chi connectivity index (χ1n) is 8.49. The molecule has 0 saturated carbocycles. The summed E-state index contributed by atoms with van der Waals surface area (Å²) in [4.78, 5) is 14.6. The maximum atomic E-state index is 12.6. The molecule has 1 aromatic rings. The second-order valence-corrected chi connectivity index (χ2v) is 6.45. The second kappa shape index (κ2) is 7.90. The number of carbonyl (C=O) groups excluding carboxylic acids is 1. The third-order valence-corrected chi connectivity index (χ3v) is 4.65. The largest absolute Gasteiger partial charge is 0.376 e. The topological polar surface area (TPSA) is 50.8 Å². The number of morpholine rings is 1. The Morgan fingerprint density at radius 3 is 3.00 bits per heavy atom. The van der Waals surface area contributed by atoms with Crippen LogP contribution in [0.3, 0.4) is 0 Å². The van der Waals surface area contributed by atoms with Crippen LogP contribution in [0.5, 0.6) is 0 Å². The SMILES string of the molecule is C[C@H]1OCCN[C@@H]1C(=O)N1CCC(COCc2ccccc2)C1. The van der Waals surface area contributed by atoms with Gasteiger partial charge in [0.15, 0.2) is 0 Å². The molecule has 0 spiro atoms. The number of rotatable bonds is 5. The summed E-state index contributed by atoms with van der Waals surface area (Å²) < 4.78 is 11.4. The van der Waals surface area contributed by atoms with Gasteiger partial charge in [0.25, 0.3) is 0 Å². The summed E-state index contributed by atoms with van der Waals surface area (Å²) >= 11 is 0. The van der Waals surface area contributed by atoms with Gasteiger partial charge in [-0.05, 0) is 18.9 Å². The fourth-order valence-electron chi connectivity index (χ4n) is 3.29. The van der Waals surface area contributed by atoms with Crippen LogP contribution in [0.4, 0.5) is 0 Å². The Hall–Kier alpha value is -1.43. The van der Waals surface area contributed by atoms with Gasteiger partial charge < -0.3 is 19.7 Å². The third kappa shape index (κ3) is 4.31. The normalized spacial score (nSPS) is 28.0. The minimum absolute atomic E-state index is 0.0513. The molecule has 2 fully saturated rings. The van der Waals surface area contributed by atoms with E-state index in [0.29, 0.717) is 25.7 Å². The molecule has 0 radical (unpaired) electrons. The summed E-state index contributed by atoms with van der Waals surface area (Å²) in [6.07, 6.45) is 0.965. The molecule has 5 heteroatoms. The Morgan fingerprint density at radius 1 is 1.39 bits per heavy atom. The zero-order valence-corrected chi connectivity index (χ0v) is 13.7. The van der Waals surface area contributed by atoms with Gasteiger partial charge in [-0.15, -0.1) is 0 Å². The Kier molecular flexibility index (Phi) is 5.65. The molecule has 0 aromatic heterocycles. The Morgan fingerprint density at radius 2 is 2.22 bits per heavy atom. The lowest BCUT2D eigenvalue weighted by Crippen LogP contribution is -2.56. The maximum absolute atomic E-state index is 12.6. The molecule has 3 atom stereocenters. The number of hydrogen-bond acceptors (Lipinski definition) is 4. The van der Waals surface area contributed by atoms with Crippen LogP contribution in [0.2, 0.25) is 0 Å². The zero-order valence-electron chi connectivity index (χ0n) is 13.7. The van der Waals surface area contributed by atoms with E-state index in [0.717, 1.165) is 26.1 Å². The number of carbonyl (C=O) groups is 1. The van der Waals surface area contributed by atoms with Crippen molar-refractivity contribution in [2.24, 2.45) is 5.92 Å². The molecule has 2 aliphatic heterocycles. The molecule has 1 N–H and O–H groups in total. The maximum Gasteiger partial charge on any atom is 0.242 e. The van der Waals surface area contributed by atoms with Gasteiger partial charge in [-0.3, -0.25) is 4.79 Å². The van der Waals surface area contributed by atoms with E-state index in [1.165, 1.54) is 5.56 Å². The summed E-state index contributed by atoms with van der Waals surface area (Å²) in [5.74, 6) is 0.602. The molecule has 0 aliphatic carbocycles. The molecule has 126 valence electrons. The monoisotopic (exact) mass is 318 g/mol. The van der Waals surface area contributed by atoms with Crippen LogP contribution in [-0.4, -0.2) is 55.8 Å². The smallest absolute Gasteiger partial charge is 0.242 e. The van der Waals surface area contributed by atoms with E-state index in [2.05, 4.69) is 17.4 Å². The van der Waals surface area contributed by atoms with E-state index < -0.39 is 0 Å². The molecular formula is C18H26N2O3. The van der Waals surface area contributed by atoms with Gasteiger partial charge in [0, 0.05) is 25.6 Å². The van der Waals surface area contributed by atoms with Crippen molar-refractivity contribution >= 4 is 5.91 Å².